The standard InChI is InChI=1S/C13H20N6S/c1-9-15-11(8-20-9)12-16-13(18-17-12)19-5-3-4-10(7-19)6-14-2/h8,10,14H,3-7H2,1-2H3,(H,16,17,18). The Morgan fingerprint density at radius 3 is 3.15 bits per heavy atom. The van der Waals surface area contributed by atoms with E-state index in [2.05, 4.69) is 30.4 Å². The number of thiazole rings is 1. The fraction of sp³-hybridized carbons (Fsp3) is 0.615. The molecule has 1 atom stereocenters. The predicted octanol–water partition coefficient (Wildman–Crippen LogP) is 1.67. The van der Waals surface area contributed by atoms with Crippen molar-refractivity contribution in [3.8, 4) is 11.5 Å². The number of hydrogen-bond acceptors (Lipinski definition) is 6. The SMILES string of the molecule is CNCC1CCCN(c2n[nH]c(-c3csc(C)n3)n2)C1. The molecule has 0 spiro atoms. The number of rotatable bonds is 4. The van der Waals surface area contributed by atoms with Crippen LogP contribution in [0.25, 0.3) is 11.5 Å². The van der Waals surface area contributed by atoms with Gasteiger partial charge in [-0.15, -0.1) is 16.4 Å². The van der Waals surface area contributed by atoms with Gasteiger partial charge in [0, 0.05) is 18.5 Å². The van der Waals surface area contributed by atoms with Crippen LogP contribution in [0.3, 0.4) is 0 Å². The number of nitrogens with one attached hydrogen (secondary N) is 2. The molecular weight excluding hydrogens is 272 g/mol. The second kappa shape index (κ2) is 5.88. The Kier molecular flexibility index (Phi) is 3.98. The average molecular weight is 292 g/mol. The summed E-state index contributed by atoms with van der Waals surface area (Å²) >= 11 is 1.63. The van der Waals surface area contributed by atoms with Crippen LogP contribution in [0.15, 0.2) is 5.38 Å². The van der Waals surface area contributed by atoms with Crippen LogP contribution >= 0.6 is 11.3 Å². The largest absolute Gasteiger partial charge is 0.339 e. The number of nitrogens with zero attached hydrogens (tertiary/aromatic N) is 4. The van der Waals surface area contributed by atoms with E-state index in [1.54, 1.807) is 11.3 Å². The van der Waals surface area contributed by atoms with Crippen molar-refractivity contribution in [2.75, 3.05) is 31.6 Å². The molecule has 0 aliphatic carbocycles. The van der Waals surface area contributed by atoms with Gasteiger partial charge in [-0.2, -0.15) is 4.98 Å². The third-order valence-corrected chi connectivity index (χ3v) is 4.40. The van der Waals surface area contributed by atoms with E-state index < -0.39 is 0 Å². The van der Waals surface area contributed by atoms with Gasteiger partial charge in [-0.3, -0.25) is 5.10 Å². The van der Waals surface area contributed by atoms with E-state index in [4.69, 9.17) is 0 Å². The van der Waals surface area contributed by atoms with Crippen LogP contribution in [-0.4, -0.2) is 46.8 Å². The van der Waals surface area contributed by atoms with Gasteiger partial charge in [0.1, 0.15) is 5.69 Å². The summed E-state index contributed by atoms with van der Waals surface area (Å²) < 4.78 is 0. The summed E-state index contributed by atoms with van der Waals surface area (Å²) in [5, 5.41) is 13.7. The predicted molar refractivity (Wildman–Crippen MR) is 81.1 cm³/mol. The van der Waals surface area contributed by atoms with Crippen LogP contribution in [-0.2, 0) is 0 Å². The summed E-state index contributed by atoms with van der Waals surface area (Å²) in [4.78, 5) is 11.3. The lowest BCUT2D eigenvalue weighted by Crippen LogP contribution is -2.39. The van der Waals surface area contributed by atoms with Gasteiger partial charge < -0.3 is 10.2 Å². The average Bonchev–Trinajstić information content (AvgIpc) is 3.08. The fourth-order valence-electron chi connectivity index (χ4n) is 2.68. The van der Waals surface area contributed by atoms with Crippen LogP contribution < -0.4 is 10.2 Å². The molecule has 6 nitrogen and oxygen atoms in total. The van der Waals surface area contributed by atoms with E-state index in [0.717, 1.165) is 42.1 Å². The maximum absolute atomic E-state index is 4.60. The zero-order valence-electron chi connectivity index (χ0n) is 11.9. The lowest BCUT2D eigenvalue weighted by Gasteiger charge is -2.31. The van der Waals surface area contributed by atoms with Gasteiger partial charge in [0.25, 0.3) is 0 Å². The minimum atomic E-state index is 0.678. The molecule has 1 aliphatic heterocycles. The highest BCUT2D eigenvalue weighted by Crippen LogP contribution is 2.23. The summed E-state index contributed by atoms with van der Waals surface area (Å²) in [6.45, 7) is 5.11. The van der Waals surface area contributed by atoms with Crippen molar-refractivity contribution in [1.82, 2.24) is 25.5 Å². The van der Waals surface area contributed by atoms with Crippen molar-refractivity contribution in [2.45, 2.75) is 19.8 Å². The monoisotopic (exact) mass is 292 g/mol. The van der Waals surface area contributed by atoms with Crippen molar-refractivity contribution in [3.63, 3.8) is 0 Å². The maximum atomic E-state index is 4.60. The number of piperidine rings is 1. The number of aromatic nitrogens is 4. The molecule has 1 aliphatic rings. The Morgan fingerprint density at radius 1 is 1.50 bits per heavy atom. The molecule has 1 saturated heterocycles. The first kappa shape index (κ1) is 13.5. The lowest BCUT2D eigenvalue weighted by atomic mass is 9.98. The summed E-state index contributed by atoms with van der Waals surface area (Å²) in [6, 6.07) is 0. The zero-order valence-corrected chi connectivity index (χ0v) is 12.7. The molecule has 3 heterocycles. The van der Waals surface area contributed by atoms with Crippen LogP contribution in [0, 0.1) is 12.8 Å². The maximum Gasteiger partial charge on any atom is 0.245 e. The number of aromatic amines is 1. The van der Waals surface area contributed by atoms with E-state index >= 15 is 0 Å². The van der Waals surface area contributed by atoms with E-state index in [9.17, 15) is 0 Å². The van der Waals surface area contributed by atoms with E-state index in [-0.39, 0.29) is 0 Å². The summed E-state index contributed by atoms with van der Waals surface area (Å²) in [7, 11) is 2.01. The molecule has 2 N–H and O–H groups in total. The van der Waals surface area contributed by atoms with E-state index in [1.807, 2.05) is 19.4 Å². The molecule has 20 heavy (non-hydrogen) atoms. The van der Waals surface area contributed by atoms with Crippen molar-refractivity contribution in [2.24, 2.45) is 5.92 Å². The van der Waals surface area contributed by atoms with Gasteiger partial charge in [0.2, 0.25) is 5.95 Å². The molecule has 3 rings (SSSR count). The Labute approximate surface area is 122 Å². The van der Waals surface area contributed by atoms with Crippen molar-refractivity contribution in [1.29, 1.82) is 0 Å². The molecule has 2 aromatic heterocycles. The highest BCUT2D eigenvalue weighted by Gasteiger charge is 2.22. The molecule has 7 heteroatoms. The molecule has 1 unspecified atom stereocenters. The second-order valence-corrected chi connectivity index (χ2v) is 6.31. The van der Waals surface area contributed by atoms with Crippen molar-refractivity contribution < 1.29 is 0 Å². The zero-order chi connectivity index (χ0) is 13.9. The number of aryl methyl sites for hydroxylation is 1. The molecule has 1 fully saturated rings. The Balaban J connectivity index is 1.73. The van der Waals surface area contributed by atoms with Crippen LogP contribution in [0.5, 0.6) is 0 Å². The summed E-state index contributed by atoms with van der Waals surface area (Å²) in [5.74, 6) is 2.24. The topological polar surface area (TPSA) is 69.7 Å². The third-order valence-electron chi connectivity index (χ3n) is 3.63. The summed E-state index contributed by atoms with van der Waals surface area (Å²) in [6.07, 6.45) is 2.48. The number of anilines is 1. The fourth-order valence-corrected chi connectivity index (χ4v) is 3.28. The van der Waals surface area contributed by atoms with Crippen molar-refractivity contribution >= 4 is 17.3 Å². The number of H-pyrrole nitrogens is 1. The Bertz CT molecular complexity index is 561. The minimum absolute atomic E-state index is 0.678. The molecule has 0 bridgehead atoms. The molecule has 0 radical (unpaired) electrons. The van der Waals surface area contributed by atoms with Gasteiger partial charge >= 0.3 is 0 Å². The first-order valence-corrected chi connectivity index (χ1v) is 7.88. The van der Waals surface area contributed by atoms with Gasteiger partial charge in [-0.05, 0) is 39.3 Å². The summed E-state index contributed by atoms with van der Waals surface area (Å²) in [5.41, 5.74) is 0.884. The first-order chi connectivity index (χ1) is 9.76. The van der Waals surface area contributed by atoms with E-state index in [0.29, 0.717) is 5.92 Å². The Hall–Kier alpha value is -1.47. The van der Waals surface area contributed by atoms with Crippen LogP contribution in [0.1, 0.15) is 17.8 Å². The first-order valence-electron chi connectivity index (χ1n) is 7.00. The highest BCUT2D eigenvalue weighted by molar-refractivity contribution is 7.09. The third kappa shape index (κ3) is 2.83. The second-order valence-electron chi connectivity index (χ2n) is 5.25. The van der Waals surface area contributed by atoms with Crippen molar-refractivity contribution in [3.05, 3.63) is 10.4 Å². The molecule has 108 valence electrons. The van der Waals surface area contributed by atoms with Gasteiger partial charge in [0.05, 0.1) is 5.01 Å². The van der Waals surface area contributed by atoms with Crippen LogP contribution in [0.4, 0.5) is 5.95 Å². The molecular formula is C13H20N6S. The minimum Gasteiger partial charge on any atom is -0.339 e. The highest BCUT2D eigenvalue weighted by atomic mass is 32.1. The smallest absolute Gasteiger partial charge is 0.245 e. The lowest BCUT2D eigenvalue weighted by molar-refractivity contribution is 0.399. The van der Waals surface area contributed by atoms with E-state index in [1.165, 1.54) is 12.8 Å². The van der Waals surface area contributed by atoms with Crippen LogP contribution in [0.2, 0.25) is 0 Å². The molecule has 0 amide bonds. The van der Waals surface area contributed by atoms with Gasteiger partial charge in [0.15, 0.2) is 5.82 Å². The van der Waals surface area contributed by atoms with Gasteiger partial charge in [-0.25, -0.2) is 4.98 Å². The number of hydrogen-bond donors (Lipinski definition) is 2. The molecule has 0 saturated carbocycles. The molecule has 0 aromatic carbocycles. The molecule has 2 aromatic rings. The quantitative estimate of drug-likeness (QED) is 0.897. The van der Waals surface area contributed by atoms with Gasteiger partial charge in [-0.1, -0.05) is 0 Å². The Morgan fingerprint density at radius 2 is 2.40 bits per heavy atom. The normalized spacial score (nSPS) is 19.5.